The van der Waals surface area contributed by atoms with Crippen molar-refractivity contribution >= 4 is 40.3 Å². The maximum absolute atomic E-state index is 14.9. The van der Waals surface area contributed by atoms with Crippen LogP contribution in [0.15, 0.2) is 60.9 Å². The van der Waals surface area contributed by atoms with E-state index < -0.39 is 29.6 Å². The molecule has 13 nitrogen and oxygen atoms in total. The first-order chi connectivity index (χ1) is 27.1. The number of fused-ring (bicyclic) bond motifs is 3. The number of carbonyl (C=O) groups is 5. The van der Waals surface area contributed by atoms with Gasteiger partial charge in [0.1, 0.15) is 23.4 Å². The minimum Gasteiger partial charge on any atom is -0.350 e. The van der Waals surface area contributed by atoms with Crippen LogP contribution in [0.2, 0.25) is 0 Å². The third-order valence-electron chi connectivity index (χ3n) is 10.6. The molecule has 1 atom stereocenters. The molecular formula is C42H37FN8O5. The molecule has 2 N–H and O–H groups in total. The Bertz CT molecular complexity index is 2540. The smallest absolute Gasteiger partial charge is 0.269 e. The van der Waals surface area contributed by atoms with Crippen LogP contribution in [0.25, 0.3) is 33.3 Å². The van der Waals surface area contributed by atoms with Crippen LogP contribution in [0.5, 0.6) is 0 Å². The summed E-state index contributed by atoms with van der Waals surface area (Å²) in [6.45, 7) is 5.74. The Kier molecular flexibility index (Phi) is 9.59. The van der Waals surface area contributed by atoms with Crippen molar-refractivity contribution in [3.63, 3.8) is 0 Å². The van der Waals surface area contributed by atoms with E-state index in [0.29, 0.717) is 30.9 Å². The van der Waals surface area contributed by atoms with Crippen molar-refractivity contribution in [3.05, 3.63) is 101 Å². The molecule has 282 valence electrons. The predicted molar refractivity (Wildman–Crippen MR) is 203 cm³/mol. The Hall–Kier alpha value is -6.75. The van der Waals surface area contributed by atoms with Gasteiger partial charge in [-0.25, -0.2) is 9.37 Å². The van der Waals surface area contributed by atoms with Gasteiger partial charge in [-0.3, -0.25) is 39.3 Å². The third kappa shape index (κ3) is 6.65. The van der Waals surface area contributed by atoms with Gasteiger partial charge in [-0.1, -0.05) is 37.0 Å². The second kappa shape index (κ2) is 14.8. The van der Waals surface area contributed by atoms with E-state index in [2.05, 4.69) is 38.9 Å². The normalized spacial score (nSPS) is 16.3. The van der Waals surface area contributed by atoms with Crippen LogP contribution in [0, 0.1) is 17.7 Å². The molecule has 0 spiro atoms. The lowest BCUT2D eigenvalue weighted by atomic mass is 10.0. The summed E-state index contributed by atoms with van der Waals surface area (Å²) in [5.41, 5.74) is 5.21. The van der Waals surface area contributed by atoms with E-state index in [4.69, 9.17) is 9.97 Å². The summed E-state index contributed by atoms with van der Waals surface area (Å²) in [4.78, 5) is 79.5. The number of imide groups is 1. The number of hydrogen-bond acceptors (Lipinski definition) is 8. The van der Waals surface area contributed by atoms with Crippen molar-refractivity contribution in [2.75, 3.05) is 13.1 Å². The maximum Gasteiger partial charge on any atom is 0.269 e. The molecule has 6 heterocycles. The second-order valence-corrected chi connectivity index (χ2v) is 14.0. The van der Waals surface area contributed by atoms with Crippen LogP contribution in [0.4, 0.5) is 4.39 Å². The molecule has 5 aromatic rings. The quantitative estimate of drug-likeness (QED) is 0.143. The molecule has 14 heteroatoms. The van der Waals surface area contributed by atoms with Crippen LogP contribution >= 0.6 is 0 Å². The van der Waals surface area contributed by atoms with E-state index in [1.54, 1.807) is 25.3 Å². The largest absolute Gasteiger partial charge is 0.350 e. The number of amides is 5. The van der Waals surface area contributed by atoms with Gasteiger partial charge < -0.3 is 19.7 Å². The number of aromatic nitrogens is 4. The molecule has 0 aliphatic carbocycles. The Labute approximate surface area is 321 Å². The summed E-state index contributed by atoms with van der Waals surface area (Å²) in [6.07, 6.45) is 4.73. The number of piperidine rings is 1. The lowest BCUT2D eigenvalue weighted by Crippen LogP contribution is -2.52. The van der Waals surface area contributed by atoms with Gasteiger partial charge in [-0.2, -0.15) is 0 Å². The van der Waals surface area contributed by atoms with Gasteiger partial charge in [-0.05, 0) is 42.1 Å². The van der Waals surface area contributed by atoms with Crippen molar-refractivity contribution in [1.82, 2.24) is 40.0 Å². The average Bonchev–Trinajstić information content (AvgIpc) is 3.74. The van der Waals surface area contributed by atoms with Crippen molar-refractivity contribution in [1.29, 1.82) is 0 Å². The zero-order valence-electron chi connectivity index (χ0n) is 30.8. The molecule has 56 heavy (non-hydrogen) atoms. The summed E-state index contributed by atoms with van der Waals surface area (Å²) in [6, 6.07) is 13.2. The van der Waals surface area contributed by atoms with E-state index in [1.165, 1.54) is 17.0 Å². The molecule has 5 amide bonds. The van der Waals surface area contributed by atoms with Gasteiger partial charge in [-0.15, -0.1) is 0 Å². The first-order valence-corrected chi connectivity index (χ1v) is 18.5. The van der Waals surface area contributed by atoms with Gasteiger partial charge in [0.05, 0.1) is 29.2 Å². The van der Waals surface area contributed by atoms with Crippen LogP contribution < -0.4 is 10.6 Å². The molecule has 3 aromatic heterocycles. The number of nitrogens with one attached hydrogen (secondary N) is 2. The highest BCUT2D eigenvalue weighted by Gasteiger charge is 2.40. The highest BCUT2D eigenvalue weighted by atomic mass is 19.1. The summed E-state index contributed by atoms with van der Waals surface area (Å²) in [5, 5.41) is 6.94. The number of hydrogen-bond donors (Lipinski definition) is 2. The highest BCUT2D eigenvalue weighted by molar-refractivity contribution is 6.05. The number of halogens is 1. The molecule has 0 saturated carbocycles. The topological polar surface area (TPSA) is 159 Å². The molecule has 1 saturated heterocycles. The molecule has 3 aliphatic rings. The summed E-state index contributed by atoms with van der Waals surface area (Å²) >= 11 is 0. The fraction of sp³-hybridized carbons (Fsp3) is 0.286. The Morgan fingerprint density at radius 1 is 1.02 bits per heavy atom. The predicted octanol–water partition coefficient (Wildman–Crippen LogP) is 4.16. The summed E-state index contributed by atoms with van der Waals surface area (Å²) in [5.74, 6) is 4.40. The molecule has 3 aliphatic heterocycles. The summed E-state index contributed by atoms with van der Waals surface area (Å²) < 4.78 is 17.1. The van der Waals surface area contributed by atoms with E-state index >= 15 is 0 Å². The SMILES string of the molecule is CCc1nc(-c2cccc3cc(-c4ccc(C(=O)NCCC#Cc5c(F)ccc6c5CN(C5CCC(=O)NC5=O)C6=O)nc4)ncc23)c2n1CCN(C(C)=O)C2. The monoisotopic (exact) mass is 752 g/mol. The fourth-order valence-electron chi connectivity index (χ4n) is 7.64. The van der Waals surface area contributed by atoms with Crippen LogP contribution in [-0.4, -0.2) is 78.0 Å². The first-order valence-electron chi connectivity index (χ1n) is 18.5. The van der Waals surface area contributed by atoms with Crippen molar-refractivity contribution < 1.29 is 28.4 Å². The van der Waals surface area contributed by atoms with E-state index in [1.807, 2.05) is 35.4 Å². The average molecular weight is 753 g/mol. The number of benzene rings is 2. The van der Waals surface area contributed by atoms with Gasteiger partial charge >= 0.3 is 0 Å². The Morgan fingerprint density at radius 2 is 1.88 bits per heavy atom. The Balaban J connectivity index is 0.919. The van der Waals surface area contributed by atoms with Gasteiger partial charge in [0.2, 0.25) is 17.7 Å². The summed E-state index contributed by atoms with van der Waals surface area (Å²) in [7, 11) is 0. The lowest BCUT2D eigenvalue weighted by molar-refractivity contribution is -0.137. The van der Waals surface area contributed by atoms with Gasteiger partial charge in [0.15, 0.2) is 0 Å². The second-order valence-electron chi connectivity index (χ2n) is 14.0. The number of rotatable bonds is 7. The number of imidazole rings is 1. The molecule has 2 aromatic carbocycles. The zero-order valence-corrected chi connectivity index (χ0v) is 30.8. The van der Waals surface area contributed by atoms with Crippen molar-refractivity contribution in [2.24, 2.45) is 0 Å². The molecule has 0 radical (unpaired) electrons. The van der Waals surface area contributed by atoms with Gasteiger partial charge in [0, 0.05) is 92.4 Å². The van der Waals surface area contributed by atoms with Crippen LogP contribution in [0.3, 0.4) is 0 Å². The molecule has 8 rings (SSSR count). The fourth-order valence-corrected chi connectivity index (χ4v) is 7.64. The first kappa shape index (κ1) is 36.2. The highest BCUT2D eigenvalue weighted by Crippen LogP contribution is 2.35. The minimum atomic E-state index is -0.817. The number of aryl methyl sites for hydroxylation is 1. The molecular weight excluding hydrogens is 716 g/mol. The zero-order chi connectivity index (χ0) is 39.1. The van der Waals surface area contributed by atoms with Crippen molar-refractivity contribution in [2.45, 2.75) is 65.2 Å². The van der Waals surface area contributed by atoms with Gasteiger partial charge in [0.25, 0.3) is 11.8 Å². The van der Waals surface area contributed by atoms with E-state index in [9.17, 15) is 28.4 Å². The lowest BCUT2D eigenvalue weighted by Gasteiger charge is -2.29. The van der Waals surface area contributed by atoms with Crippen LogP contribution in [-0.2, 0) is 40.4 Å². The third-order valence-corrected chi connectivity index (χ3v) is 10.6. The molecule has 1 fully saturated rings. The maximum atomic E-state index is 14.9. The standard InChI is InChI=1S/C42H37FN8O5/c1-3-37-47-39(36-23-49(24(2)52)17-18-50(36)37)28-9-6-7-25-19-34(46-21-30(25)28)26-10-13-33(45-20-26)40(54)44-16-5-4-8-27-31-22-51(35-14-15-38(53)48-41(35)55)42(56)29(31)11-12-32(27)43/h6-7,9-13,19-21,35H,3,5,14-18,22-23H2,1-2H3,(H,44,54)(H,48,53,55). The van der Waals surface area contributed by atoms with Crippen molar-refractivity contribution in [3.8, 4) is 34.4 Å². The number of pyridine rings is 2. The molecule has 1 unspecified atom stereocenters. The minimum absolute atomic E-state index is 0.00534. The number of nitrogens with zero attached hydrogens (tertiary/aromatic N) is 6. The van der Waals surface area contributed by atoms with E-state index in [0.717, 1.165) is 45.5 Å². The Morgan fingerprint density at radius 3 is 2.64 bits per heavy atom. The van der Waals surface area contributed by atoms with E-state index in [-0.39, 0.29) is 61.0 Å². The number of carbonyl (C=O) groups excluding carboxylic acids is 5. The molecule has 0 bridgehead atoms. The van der Waals surface area contributed by atoms with Crippen LogP contribution in [0.1, 0.15) is 76.6 Å².